The first-order valence-corrected chi connectivity index (χ1v) is 10.1. The zero-order valence-corrected chi connectivity index (χ0v) is 17.3. The number of piperidine rings is 1. The van der Waals surface area contributed by atoms with Crippen LogP contribution in [0, 0.1) is 0 Å². The molecular weight excluding hydrogens is 380 g/mol. The van der Waals surface area contributed by atoms with Crippen LogP contribution in [0.25, 0.3) is 11.4 Å². The van der Waals surface area contributed by atoms with Gasteiger partial charge >= 0.3 is 0 Å². The van der Waals surface area contributed by atoms with Crippen molar-refractivity contribution < 1.29 is 9.47 Å². The van der Waals surface area contributed by atoms with E-state index in [9.17, 15) is 4.79 Å². The number of rotatable bonds is 6. The van der Waals surface area contributed by atoms with Gasteiger partial charge in [0.15, 0.2) is 11.5 Å². The Hall–Kier alpha value is -3.19. The van der Waals surface area contributed by atoms with Crippen LogP contribution in [-0.4, -0.2) is 47.2 Å². The molecule has 1 fully saturated rings. The van der Waals surface area contributed by atoms with Gasteiger partial charge in [0.25, 0.3) is 5.56 Å². The number of benzene rings is 1. The van der Waals surface area contributed by atoms with Crippen LogP contribution in [0.15, 0.2) is 53.6 Å². The maximum atomic E-state index is 12.2. The number of methoxy groups -OCH3 is 2. The van der Waals surface area contributed by atoms with Gasteiger partial charge < -0.3 is 14.5 Å². The van der Waals surface area contributed by atoms with Crippen molar-refractivity contribution in [3.63, 3.8) is 0 Å². The van der Waals surface area contributed by atoms with Crippen LogP contribution >= 0.6 is 0 Å². The first-order chi connectivity index (χ1) is 14.7. The number of para-hydroxylation sites is 1. The highest BCUT2D eigenvalue weighted by Crippen LogP contribution is 2.33. The molecule has 30 heavy (non-hydrogen) atoms. The summed E-state index contributed by atoms with van der Waals surface area (Å²) in [5, 5.41) is 0. The lowest BCUT2D eigenvalue weighted by Crippen LogP contribution is -2.33. The normalized spacial score (nSPS) is 15.1. The summed E-state index contributed by atoms with van der Waals surface area (Å²) >= 11 is 0. The lowest BCUT2D eigenvalue weighted by Gasteiger charge is -2.32. The fourth-order valence-corrected chi connectivity index (χ4v) is 4.03. The molecule has 0 spiro atoms. The highest BCUT2D eigenvalue weighted by molar-refractivity contribution is 5.52. The summed E-state index contributed by atoms with van der Waals surface area (Å²) in [5.41, 5.74) is 2.67. The number of ether oxygens (including phenoxy) is 2. The van der Waals surface area contributed by atoms with Crippen molar-refractivity contribution >= 4 is 0 Å². The molecule has 1 aromatic carbocycles. The minimum Gasteiger partial charge on any atom is -0.493 e. The molecule has 0 bridgehead atoms. The molecule has 1 aliphatic rings. The fraction of sp³-hybridized carbons (Fsp3) is 0.348. The van der Waals surface area contributed by atoms with E-state index in [2.05, 4.69) is 20.9 Å². The van der Waals surface area contributed by atoms with Crippen LogP contribution in [0.2, 0.25) is 0 Å². The summed E-state index contributed by atoms with van der Waals surface area (Å²) in [5.74, 6) is 2.39. The minimum absolute atomic E-state index is 0.123. The molecular formula is C23H26N4O3. The standard InChI is InChI=1S/C23H26N4O3/c1-29-20-7-3-5-18(22(20)30-2)15-27-11-8-16(9-12-27)19-13-21(28)26-23(25-19)17-6-4-10-24-14-17/h3-7,10,13-14,16H,8-9,11-12,15H2,1-2H3,(H,25,26,28). The largest absolute Gasteiger partial charge is 0.493 e. The van der Waals surface area contributed by atoms with Crippen LogP contribution in [0.1, 0.15) is 30.0 Å². The van der Waals surface area contributed by atoms with E-state index < -0.39 is 0 Å². The predicted molar refractivity (Wildman–Crippen MR) is 115 cm³/mol. The highest BCUT2D eigenvalue weighted by Gasteiger charge is 2.24. The first-order valence-electron chi connectivity index (χ1n) is 10.1. The molecule has 7 nitrogen and oxygen atoms in total. The molecule has 0 aliphatic carbocycles. The van der Waals surface area contributed by atoms with Crippen molar-refractivity contribution in [2.45, 2.75) is 25.3 Å². The van der Waals surface area contributed by atoms with Gasteiger partial charge in [-0.1, -0.05) is 12.1 Å². The van der Waals surface area contributed by atoms with Crippen molar-refractivity contribution in [3.05, 3.63) is 70.4 Å². The van der Waals surface area contributed by atoms with E-state index in [0.717, 1.165) is 60.8 Å². The summed E-state index contributed by atoms with van der Waals surface area (Å²) in [6.45, 7) is 2.67. The molecule has 3 aromatic rings. The van der Waals surface area contributed by atoms with E-state index in [-0.39, 0.29) is 11.5 Å². The third-order valence-corrected chi connectivity index (χ3v) is 5.58. The van der Waals surface area contributed by atoms with Crippen molar-refractivity contribution in [1.29, 1.82) is 0 Å². The summed E-state index contributed by atoms with van der Waals surface area (Å²) in [4.78, 5) is 26.3. The number of H-pyrrole nitrogens is 1. The van der Waals surface area contributed by atoms with Crippen LogP contribution < -0.4 is 15.0 Å². The number of aromatic amines is 1. The number of nitrogens with one attached hydrogen (secondary N) is 1. The Labute approximate surface area is 175 Å². The van der Waals surface area contributed by atoms with Crippen molar-refractivity contribution in [3.8, 4) is 22.9 Å². The Morgan fingerprint density at radius 3 is 2.67 bits per heavy atom. The molecule has 1 N–H and O–H groups in total. The van der Waals surface area contributed by atoms with Gasteiger partial charge in [-0.25, -0.2) is 4.98 Å². The van der Waals surface area contributed by atoms with E-state index in [0.29, 0.717) is 5.82 Å². The van der Waals surface area contributed by atoms with Gasteiger partial charge in [0, 0.05) is 42.0 Å². The average molecular weight is 406 g/mol. The maximum absolute atomic E-state index is 12.2. The Morgan fingerprint density at radius 2 is 1.97 bits per heavy atom. The number of likely N-dealkylation sites (tertiary alicyclic amines) is 1. The van der Waals surface area contributed by atoms with Crippen LogP contribution in [0.5, 0.6) is 11.5 Å². The van der Waals surface area contributed by atoms with Gasteiger partial charge in [-0.3, -0.25) is 14.7 Å². The van der Waals surface area contributed by atoms with E-state index in [1.807, 2.05) is 24.3 Å². The SMILES string of the molecule is COc1cccc(CN2CCC(c3cc(=O)[nH]c(-c4cccnc4)n3)CC2)c1OC. The van der Waals surface area contributed by atoms with E-state index in [1.54, 1.807) is 32.7 Å². The molecule has 0 unspecified atom stereocenters. The molecule has 0 atom stereocenters. The zero-order valence-electron chi connectivity index (χ0n) is 17.3. The number of pyridine rings is 1. The third-order valence-electron chi connectivity index (χ3n) is 5.58. The van der Waals surface area contributed by atoms with E-state index in [1.165, 1.54) is 0 Å². The Bertz CT molecular complexity index is 1040. The van der Waals surface area contributed by atoms with Gasteiger partial charge in [-0.15, -0.1) is 0 Å². The van der Waals surface area contributed by atoms with Gasteiger partial charge in [-0.2, -0.15) is 0 Å². The third kappa shape index (κ3) is 4.36. The fourth-order valence-electron chi connectivity index (χ4n) is 4.03. The predicted octanol–water partition coefficient (Wildman–Crippen LogP) is 3.23. The summed E-state index contributed by atoms with van der Waals surface area (Å²) in [6.07, 6.45) is 5.33. The number of nitrogens with zero attached hydrogens (tertiary/aromatic N) is 3. The molecule has 4 rings (SSSR count). The Kier molecular flexibility index (Phi) is 6.09. The van der Waals surface area contributed by atoms with Crippen LogP contribution in [-0.2, 0) is 6.54 Å². The Morgan fingerprint density at radius 1 is 1.13 bits per heavy atom. The number of aromatic nitrogens is 3. The smallest absolute Gasteiger partial charge is 0.251 e. The Balaban J connectivity index is 1.46. The molecule has 156 valence electrons. The molecule has 0 radical (unpaired) electrons. The first kappa shape index (κ1) is 20.1. The average Bonchev–Trinajstić information content (AvgIpc) is 2.79. The van der Waals surface area contributed by atoms with E-state index >= 15 is 0 Å². The molecule has 1 aliphatic heterocycles. The number of hydrogen-bond acceptors (Lipinski definition) is 6. The lowest BCUT2D eigenvalue weighted by atomic mass is 9.93. The summed E-state index contributed by atoms with van der Waals surface area (Å²) < 4.78 is 11.0. The van der Waals surface area contributed by atoms with Gasteiger partial charge in [0.2, 0.25) is 0 Å². The zero-order chi connectivity index (χ0) is 20.9. The van der Waals surface area contributed by atoms with Gasteiger partial charge in [0.1, 0.15) is 5.82 Å². The molecule has 2 aromatic heterocycles. The molecule has 7 heteroatoms. The van der Waals surface area contributed by atoms with Gasteiger partial charge in [-0.05, 0) is 44.1 Å². The van der Waals surface area contributed by atoms with E-state index in [4.69, 9.17) is 14.5 Å². The lowest BCUT2D eigenvalue weighted by molar-refractivity contribution is 0.200. The quantitative estimate of drug-likeness (QED) is 0.677. The van der Waals surface area contributed by atoms with Crippen LogP contribution in [0.3, 0.4) is 0 Å². The monoisotopic (exact) mass is 406 g/mol. The number of hydrogen-bond donors (Lipinski definition) is 1. The molecule has 0 saturated carbocycles. The van der Waals surface area contributed by atoms with Crippen LogP contribution in [0.4, 0.5) is 0 Å². The minimum atomic E-state index is -0.123. The topological polar surface area (TPSA) is 80.3 Å². The molecule has 3 heterocycles. The second-order valence-corrected chi connectivity index (χ2v) is 7.46. The summed E-state index contributed by atoms with van der Waals surface area (Å²) in [6, 6.07) is 11.3. The summed E-state index contributed by atoms with van der Waals surface area (Å²) in [7, 11) is 3.33. The van der Waals surface area contributed by atoms with Crippen molar-refractivity contribution in [2.75, 3.05) is 27.3 Å². The second-order valence-electron chi connectivity index (χ2n) is 7.46. The van der Waals surface area contributed by atoms with Crippen molar-refractivity contribution in [2.24, 2.45) is 0 Å². The van der Waals surface area contributed by atoms with Gasteiger partial charge in [0.05, 0.1) is 19.9 Å². The maximum Gasteiger partial charge on any atom is 0.251 e. The molecule has 0 amide bonds. The second kappa shape index (κ2) is 9.09. The highest BCUT2D eigenvalue weighted by atomic mass is 16.5. The van der Waals surface area contributed by atoms with Crippen molar-refractivity contribution in [1.82, 2.24) is 19.9 Å². The molecule has 1 saturated heterocycles.